The van der Waals surface area contributed by atoms with Gasteiger partial charge >= 0.3 is 5.97 Å². The average Bonchev–Trinajstić information content (AvgIpc) is 3.27. The van der Waals surface area contributed by atoms with Gasteiger partial charge in [-0.1, -0.05) is 12.1 Å². The van der Waals surface area contributed by atoms with E-state index < -0.39 is 11.5 Å². The molecule has 1 fully saturated rings. The summed E-state index contributed by atoms with van der Waals surface area (Å²) in [7, 11) is 0. The fourth-order valence-corrected chi connectivity index (χ4v) is 2.75. The third-order valence-electron chi connectivity index (χ3n) is 4.46. The summed E-state index contributed by atoms with van der Waals surface area (Å²) in [4.78, 5) is 23.8. The average molecular weight is 312 g/mol. The van der Waals surface area contributed by atoms with E-state index in [0.717, 1.165) is 24.9 Å². The number of aliphatic carboxylic acids is 1. The van der Waals surface area contributed by atoms with Gasteiger partial charge in [0.1, 0.15) is 5.54 Å². The number of nitrogens with zero attached hydrogens (tertiary/aromatic N) is 1. The van der Waals surface area contributed by atoms with Crippen LogP contribution in [0.5, 0.6) is 0 Å². The minimum Gasteiger partial charge on any atom is -0.480 e. The summed E-state index contributed by atoms with van der Waals surface area (Å²) in [5, 5.41) is 12.1. The molecule has 2 aromatic rings. The third-order valence-corrected chi connectivity index (χ3v) is 4.46. The largest absolute Gasteiger partial charge is 0.480 e. The summed E-state index contributed by atoms with van der Waals surface area (Å²) in [6.45, 7) is 2.33. The van der Waals surface area contributed by atoms with E-state index >= 15 is 0 Å². The van der Waals surface area contributed by atoms with E-state index in [1.54, 1.807) is 19.1 Å². The topological polar surface area (TPSA) is 71.3 Å². The normalized spacial score (nSPS) is 16.6. The van der Waals surface area contributed by atoms with Crippen molar-refractivity contribution in [1.29, 1.82) is 0 Å². The first-order valence-corrected chi connectivity index (χ1v) is 7.74. The van der Waals surface area contributed by atoms with E-state index in [9.17, 15) is 14.7 Å². The Morgan fingerprint density at radius 3 is 2.35 bits per heavy atom. The van der Waals surface area contributed by atoms with Gasteiger partial charge in [-0.15, -0.1) is 0 Å². The van der Waals surface area contributed by atoms with Crippen molar-refractivity contribution >= 4 is 11.9 Å². The number of rotatable bonds is 6. The lowest BCUT2D eigenvalue weighted by Gasteiger charge is -2.26. The van der Waals surface area contributed by atoms with Crippen LogP contribution in [0.4, 0.5) is 0 Å². The number of hydrogen-bond acceptors (Lipinski definition) is 2. The molecule has 5 heteroatoms. The lowest BCUT2D eigenvalue weighted by Crippen LogP contribution is -2.54. The molecule has 1 atom stereocenters. The molecule has 1 saturated carbocycles. The first kappa shape index (κ1) is 15.3. The highest BCUT2D eigenvalue weighted by molar-refractivity contribution is 5.98. The van der Waals surface area contributed by atoms with Crippen LogP contribution in [0.3, 0.4) is 0 Å². The quantitative estimate of drug-likeness (QED) is 0.861. The van der Waals surface area contributed by atoms with Crippen molar-refractivity contribution in [3.8, 4) is 0 Å². The monoisotopic (exact) mass is 312 g/mol. The molecule has 1 heterocycles. The second kappa shape index (κ2) is 5.91. The van der Waals surface area contributed by atoms with Gasteiger partial charge in [-0.3, -0.25) is 4.79 Å². The Bertz CT molecular complexity index is 702. The van der Waals surface area contributed by atoms with E-state index in [1.807, 2.05) is 41.2 Å². The molecule has 0 saturated heterocycles. The SMILES string of the molecule is C[C@](NC(=O)c1ccc(Cn2cccc2)cc1)(C(=O)O)C1CC1. The Hall–Kier alpha value is -2.56. The van der Waals surface area contributed by atoms with Gasteiger partial charge in [-0.05, 0) is 55.5 Å². The molecule has 1 amide bonds. The van der Waals surface area contributed by atoms with Gasteiger partial charge in [-0.25, -0.2) is 4.79 Å². The molecule has 2 N–H and O–H groups in total. The van der Waals surface area contributed by atoms with Crippen LogP contribution in [-0.2, 0) is 11.3 Å². The Morgan fingerprint density at radius 1 is 1.22 bits per heavy atom. The van der Waals surface area contributed by atoms with Gasteiger partial charge in [0.05, 0.1) is 0 Å². The van der Waals surface area contributed by atoms with Crippen LogP contribution in [-0.4, -0.2) is 27.1 Å². The Morgan fingerprint density at radius 2 is 1.83 bits per heavy atom. The van der Waals surface area contributed by atoms with Crippen LogP contribution < -0.4 is 5.32 Å². The highest BCUT2D eigenvalue weighted by atomic mass is 16.4. The van der Waals surface area contributed by atoms with Gasteiger partial charge in [0.25, 0.3) is 5.91 Å². The van der Waals surface area contributed by atoms with Crippen LogP contribution in [0.25, 0.3) is 0 Å². The van der Waals surface area contributed by atoms with Crippen molar-refractivity contribution in [2.75, 3.05) is 0 Å². The van der Waals surface area contributed by atoms with Gasteiger partial charge in [0.15, 0.2) is 0 Å². The lowest BCUT2D eigenvalue weighted by atomic mass is 9.95. The summed E-state index contributed by atoms with van der Waals surface area (Å²) in [5.41, 5.74) is 0.385. The summed E-state index contributed by atoms with van der Waals surface area (Å²) in [6.07, 6.45) is 5.65. The van der Waals surface area contributed by atoms with Crippen molar-refractivity contribution in [2.24, 2.45) is 5.92 Å². The molecule has 0 aliphatic heterocycles. The highest BCUT2D eigenvalue weighted by Gasteiger charge is 2.48. The molecular weight excluding hydrogens is 292 g/mol. The number of carbonyl (C=O) groups excluding carboxylic acids is 1. The van der Waals surface area contributed by atoms with E-state index in [1.165, 1.54) is 0 Å². The molecule has 3 rings (SSSR count). The summed E-state index contributed by atoms with van der Waals surface area (Å²) >= 11 is 0. The molecule has 1 aromatic heterocycles. The Labute approximate surface area is 134 Å². The number of nitrogens with one attached hydrogen (secondary N) is 1. The van der Waals surface area contributed by atoms with Crippen molar-refractivity contribution in [3.05, 3.63) is 59.9 Å². The number of benzene rings is 1. The minimum atomic E-state index is -1.18. The van der Waals surface area contributed by atoms with Gasteiger partial charge in [0.2, 0.25) is 0 Å². The molecule has 0 bridgehead atoms. The van der Waals surface area contributed by atoms with Crippen LogP contribution in [0.2, 0.25) is 0 Å². The van der Waals surface area contributed by atoms with E-state index in [-0.39, 0.29) is 11.8 Å². The van der Waals surface area contributed by atoms with Gasteiger partial charge < -0.3 is 15.0 Å². The molecule has 1 aromatic carbocycles. The summed E-state index contributed by atoms with van der Waals surface area (Å²) in [5.74, 6) is -1.29. The van der Waals surface area contributed by atoms with Crippen molar-refractivity contribution < 1.29 is 14.7 Å². The molecule has 23 heavy (non-hydrogen) atoms. The standard InChI is InChI=1S/C18H20N2O3/c1-18(17(22)23,15-8-9-15)19-16(21)14-6-4-13(5-7-14)12-20-10-2-3-11-20/h2-7,10-11,15H,8-9,12H2,1H3,(H,19,21)(H,22,23)/t18-/m1/s1. The van der Waals surface area contributed by atoms with Gasteiger partial charge in [0, 0.05) is 24.5 Å². The number of carbonyl (C=O) groups is 2. The Kier molecular flexibility index (Phi) is 3.94. The lowest BCUT2D eigenvalue weighted by molar-refractivity contribution is -0.144. The van der Waals surface area contributed by atoms with Gasteiger partial charge in [-0.2, -0.15) is 0 Å². The number of aromatic nitrogens is 1. The van der Waals surface area contributed by atoms with Crippen molar-refractivity contribution in [1.82, 2.24) is 9.88 Å². The number of hydrogen-bond donors (Lipinski definition) is 2. The number of carboxylic acids is 1. The number of carboxylic acid groups (broad SMARTS) is 1. The molecular formula is C18H20N2O3. The first-order valence-electron chi connectivity index (χ1n) is 7.74. The molecule has 0 unspecified atom stereocenters. The predicted octanol–water partition coefficient (Wildman–Crippen LogP) is 2.52. The predicted molar refractivity (Wildman–Crippen MR) is 86.2 cm³/mol. The van der Waals surface area contributed by atoms with Crippen LogP contribution in [0.15, 0.2) is 48.8 Å². The van der Waals surface area contributed by atoms with E-state index in [4.69, 9.17) is 0 Å². The molecule has 0 radical (unpaired) electrons. The zero-order valence-corrected chi connectivity index (χ0v) is 13.0. The van der Waals surface area contributed by atoms with E-state index in [2.05, 4.69) is 5.32 Å². The minimum absolute atomic E-state index is 0.0250. The fourth-order valence-electron chi connectivity index (χ4n) is 2.75. The van der Waals surface area contributed by atoms with E-state index in [0.29, 0.717) is 5.56 Å². The molecule has 1 aliphatic carbocycles. The fraction of sp³-hybridized carbons (Fsp3) is 0.333. The smallest absolute Gasteiger partial charge is 0.329 e. The second-order valence-corrected chi connectivity index (χ2v) is 6.29. The zero-order valence-electron chi connectivity index (χ0n) is 13.0. The molecule has 120 valence electrons. The van der Waals surface area contributed by atoms with Crippen LogP contribution in [0, 0.1) is 5.92 Å². The third kappa shape index (κ3) is 3.28. The number of amides is 1. The van der Waals surface area contributed by atoms with Crippen molar-refractivity contribution in [3.63, 3.8) is 0 Å². The molecule has 0 spiro atoms. The summed E-state index contributed by atoms with van der Waals surface area (Å²) < 4.78 is 2.05. The zero-order chi connectivity index (χ0) is 16.4. The maximum Gasteiger partial charge on any atom is 0.329 e. The highest BCUT2D eigenvalue weighted by Crippen LogP contribution is 2.39. The maximum atomic E-state index is 12.3. The van der Waals surface area contributed by atoms with Crippen molar-refractivity contribution in [2.45, 2.75) is 31.8 Å². The summed E-state index contributed by atoms with van der Waals surface area (Å²) in [6, 6.07) is 11.2. The molecule has 1 aliphatic rings. The maximum absolute atomic E-state index is 12.3. The second-order valence-electron chi connectivity index (χ2n) is 6.29. The molecule has 5 nitrogen and oxygen atoms in total. The Balaban J connectivity index is 1.69. The van der Waals surface area contributed by atoms with Crippen LogP contribution in [0.1, 0.15) is 35.7 Å². The van der Waals surface area contributed by atoms with Crippen LogP contribution >= 0.6 is 0 Å². The first-order chi connectivity index (χ1) is 11.0.